The van der Waals surface area contributed by atoms with Crippen molar-refractivity contribution >= 4 is 22.5 Å². The summed E-state index contributed by atoms with van der Waals surface area (Å²) in [6, 6.07) is 7.51. The fraction of sp³-hybridized carbons (Fsp3) is 0.385. The Bertz CT molecular complexity index is 528. The van der Waals surface area contributed by atoms with Gasteiger partial charge in [-0.25, -0.2) is 0 Å². The lowest BCUT2D eigenvalue weighted by Crippen LogP contribution is -1.97. The fourth-order valence-electron chi connectivity index (χ4n) is 2.08. The summed E-state index contributed by atoms with van der Waals surface area (Å²) >= 11 is 6.23. The molecule has 16 heavy (non-hydrogen) atoms. The molecule has 1 radical (unpaired) electrons. The summed E-state index contributed by atoms with van der Waals surface area (Å²) in [7, 11) is 0. The van der Waals surface area contributed by atoms with Crippen LogP contribution in [0.4, 0.5) is 0 Å². The van der Waals surface area contributed by atoms with Gasteiger partial charge in [-0.3, -0.25) is 0 Å². The van der Waals surface area contributed by atoms with Gasteiger partial charge >= 0.3 is 0 Å². The van der Waals surface area contributed by atoms with Crippen molar-refractivity contribution in [3.63, 3.8) is 0 Å². The van der Waals surface area contributed by atoms with Crippen molar-refractivity contribution in [2.45, 2.75) is 25.8 Å². The van der Waals surface area contributed by atoms with Gasteiger partial charge in [-0.1, -0.05) is 11.6 Å². The Morgan fingerprint density at radius 2 is 2.31 bits per heavy atom. The molecule has 2 aromatic rings. The maximum atomic E-state index is 6.23. The van der Waals surface area contributed by atoms with Gasteiger partial charge in [0.2, 0.25) is 0 Å². The molecule has 83 valence electrons. The van der Waals surface area contributed by atoms with Gasteiger partial charge in [0, 0.05) is 17.6 Å². The van der Waals surface area contributed by atoms with E-state index in [2.05, 4.69) is 10.6 Å². The quantitative estimate of drug-likeness (QED) is 0.787. The number of fused-ring (bicyclic) bond motifs is 1. The highest BCUT2D eigenvalue weighted by Gasteiger charge is 2.26. The molecule has 1 aliphatic carbocycles. The molecule has 0 amide bonds. The van der Waals surface area contributed by atoms with Crippen molar-refractivity contribution in [2.75, 3.05) is 6.61 Å². The number of hydrogen-bond donors (Lipinski definition) is 0. The third kappa shape index (κ3) is 1.49. The maximum absolute atomic E-state index is 6.23. The Morgan fingerprint density at radius 3 is 3.00 bits per heavy atom. The van der Waals surface area contributed by atoms with E-state index < -0.39 is 0 Å². The summed E-state index contributed by atoms with van der Waals surface area (Å²) in [5, 5.41) is 1.83. The Kier molecular flexibility index (Phi) is 2.32. The number of rotatable bonds is 3. The molecular formula is C13H13ClNO. The first-order valence-electron chi connectivity index (χ1n) is 5.64. The second-order valence-corrected chi connectivity index (χ2v) is 4.54. The van der Waals surface area contributed by atoms with Crippen molar-refractivity contribution in [1.82, 2.24) is 4.57 Å². The average Bonchev–Trinajstić information content (AvgIpc) is 3.06. The van der Waals surface area contributed by atoms with Gasteiger partial charge in [0.05, 0.1) is 17.1 Å². The van der Waals surface area contributed by atoms with E-state index in [0.717, 1.165) is 21.7 Å². The predicted octanol–water partition coefficient (Wildman–Crippen LogP) is 3.83. The van der Waals surface area contributed by atoms with Crippen LogP contribution in [-0.2, 0) is 0 Å². The molecule has 0 spiro atoms. The molecule has 0 saturated heterocycles. The van der Waals surface area contributed by atoms with Crippen molar-refractivity contribution in [2.24, 2.45) is 0 Å². The van der Waals surface area contributed by atoms with Gasteiger partial charge in [-0.2, -0.15) is 0 Å². The molecule has 2 nitrogen and oxygen atoms in total. The number of benzene rings is 1. The molecule has 1 fully saturated rings. The predicted molar refractivity (Wildman–Crippen MR) is 65.2 cm³/mol. The maximum Gasteiger partial charge on any atom is 0.144 e. The molecule has 0 N–H and O–H groups in total. The molecule has 0 unspecified atom stereocenters. The summed E-state index contributed by atoms with van der Waals surface area (Å²) in [5.41, 5.74) is 1.12. The number of nitrogens with zero attached hydrogens (tertiary/aromatic N) is 1. The lowest BCUT2D eigenvalue weighted by molar-refractivity contribution is 0.342. The van der Waals surface area contributed by atoms with Gasteiger partial charge in [0.1, 0.15) is 5.75 Å². The van der Waals surface area contributed by atoms with Crippen LogP contribution in [0.1, 0.15) is 25.8 Å². The van der Waals surface area contributed by atoms with Gasteiger partial charge in [-0.05, 0) is 38.0 Å². The minimum atomic E-state index is 0.608. The van der Waals surface area contributed by atoms with Crippen LogP contribution in [0.25, 0.3) is 10.9 Å². The molecule has 0 atom stereocenters. The van der Waals surface area contributed by atoms with Crippen molar-refractivity contribution in [3.05, 3.63) is 29.4 Å². The summed E-state index contributed by atoms with van der Waals surface area (Å²) in [5.74, 6) is 0.888. The zero-order chi connectivity index (χ0) is 11.1. The number of ether oxygens (including phenoxy) is 1. The van der Waals surface area contributed by atoms with Crippen LogP contribution >= 0.6 is 11.6 Å². The highest BCUT2D eigenvalue weighted by atomic mass is 35.5. The zero-order valence-corrected chi connectivity index (χ0v) is 9.92. The van der Waals surface area contributed by atoms with Gasteiger partial charge < -0.3 is 9.30 Å². The number of halogens is 1. The topological polar surface area (TPSA) is 14.2 Å². The van der Waals surface area contributed by atoms with Gasteiger partial charge in [0.15, 0.2) is 0 Å². The summed E-state index contributed by atoms with van der Waals surface area (Å²) in [6.07, 6.45) is 4.49. The van der Waals surface area contributed by atoms with Crippen LogP contribution < -0.4 is 4.74 Å². The monoisotopic (exact) mass is 234 g/mol. The van der Waals surface area contributed by atoms with E-state index in [1.807, 2.05) is 25.3 Å². The van der Waals surface area contributed by atoms with E-state index in [4.69, 9.17) is 16.3 Å². The lowest BCUT2D eigenvalue weighted by Gasteiger charge is -2.08. The highest BCUT2D eigenvalue weighted by molar-refractivity contribution is 6.35. The van der Waals surface area contributed by atoms with Crippen LogP contribution in [-0.4, -0.2) is 11.2 Å². The number of hydrogen-bond acceptors (Lipinski definition) is 1. The molecule has 1 aromatic heterocycles. The zero-order valence-electron chi connectivity index (χ0n) is 9.16. The molecule has 3 heteroatoms. The van der Waals surface area contributed by atoms with E-state index in [-0.39, 0.29) is 0 Å². The fourth-order valence-corrected chi connectivity index (χ4v) is 2.33. The van der Waals surface area contributed by atoms with Crippen molar-refractivity contribution in [1.29, 1.82) is 0 Å². The van der Waals surface area contributed by atoms with Crippen LogP contribution in [0, 0.1) is 6.07 Å². The minimum absolute atomic E-state index is 0.608. The molecular weight excluding hydrogens is 222 g/mol. The largest absolute Gasteiger partial charge is 0.492 e. The lowest BCUT2D eigenvalue weighted by atomic mass is 10.2. The van der Waals surface area contributed by atoms with Crippen LogP contribution in [0.15, 0.2) is 18.3 Å². The first-order valence-corrected chi connectivity index (χ1v) is 6.02. The first kappa shape index (κ1) is 10.0. The third-order valence-corrected chi connectivity index (χ3v) is 3.24. The van der Waals surface area contributed by atoms with Crippen molar-refractivity contribution < 1.29 is 4.74 Å². The Balaban J connectivity index is 2.25. The Labute approximate surface area is 99.8 Å². The molecule has 0 aliphatic heterocycles. The van der Waals surface area contributed by atoms with Crippen LogP contribution in [0.5, 0.6) is 5.75 Å². The summed E-state index contributed by atoms with van der Waals surface area (Å²) < 4.78 is 7.89. The standard InChI is InChI=1S/C13H13ClNO/c1-2-16-12-5-3-4-10-11(14)8-15(13(10)12)9-6-7-9/h4-5,8-9H,2,6-7H2,1H3. The smallest absolute Gasteiger partial charge is 0.144 e. The summed E-state index contributed by atoms with van der Waals surface area (Å²) in [6.45, 7) is 2.66. The van der Waals surface area contributed by atoms with E-state index in [0.29, 0.717) is 12.6 Å². The molecule has 1 aliphatic rings. The molecule has 3 rings (SSSR count). The first-order chi connectivity index (χ1) is 7.81. The minimum Gasteiger partial charge on any atom is -0.492 e. The molecule has 0 bridgehead atoms. The molecule has 1 heterocycles. The van der Waals surface area contributed by atoms with Gasteiger partial charge in [-0.15, -0.1) is 0 Å². The van der Waals surface area contributed by atoms with E-state index in [1.165, 1.54) is 12.8 Å². The molecule has 1 aromatic carbocycles. The normalized spacial score (nSPS) is 15.6. The SMILES string of the molecule is CCOc1c[c]cc2c(Cl)cn(C3CC3)c12. The van der Waals surface area contributed by atoms with E-state index in [9.17, 15) is 0 Å². The second-order valence-electron chi connectivity index (χ2n) is 4.13. The molecule has 1 saturated carbocycles. The van der Waals surface area contributed by atoms with Crippen molar-refractivity contribution in [3.8, 4) is 5.75 Å². The number of aromatic nitrogens is 1. The van der Waals surface area contributed by atoms with E-state index >= 15 is 0 Å². The van der Waals surface area contributed by atoms with Crippen LogP contribution in [0.2, 0.25) is 5.02 Å². The third-order valence-electron chi connectivity index (χ3n) is 2.94. The summed E-state index contributed by atoms with van der Waals surface area (Å²) in [4.78, 5) is 0. The average molecular weight is 235 g/mol. The highest BCUT2D eigenvalue weighted by Crippen LogP contribution is 2.42. The van der Waals surface area contributed by atoms with Crippen LogP contribution in [0.3, 0.4) is 0 Å². The Morgan fingerprint density at radius 1 is 1.50 bits per heavy atom. The Hall–Kier alpha value is -1.15. The second kappa shape index (κ2) is 3.70. The van der Waals surface area contributed by atoms with E-state index in [1.54, 1.807) is 0 Å². The van der Waals surface area contributed by atoms with Gasteiger partial charge in [0.25, 0.3) is 0 Å².